The quantitative estimate of drug-likeness (QED) is 0.630. The highest BCUT2D eigenvalue weighted by Crippen LogP contribution is 2.29. The summed E-state index contributed by atoms with van der Waals surface area (Å²) < 4.78 is 0. The van der Waals surface area contributed by atoms with Crippen molar-refractivity contribution in [3.05, 3.63) is 34.5 Å². The van der Waals surface area contributed by atoms with Gasteiger partial charge in [-0.25, -0.2) is 0 Å². The van der Waals surface area contributed by atoms with Crippen LogP contribution in [0.5, 0.6) is 0 Å². The maximum atomic E-state index is 4.07. The van der Waals surface area contributed by atoms with Gasteiger partial charge in [0.05, 0.1) is 0 Å². The fourth-order valence-corrected chi connectivity index (χ4v) is 1.81. The zero-order valence-electron chi connectivity index (χ0n) is 6.37. The van der Waals surface area contributed by atoms with E-state index in [0.717, 1.165) is 6.42 Å². The second-order valence-electron chi connectivity index (χ2n) is 2.57. The summed E-state index contributed by atoms with van der Waals surface area (Å²) in [7, 11) is 0. The molecule has 2 heteroatoms. The highest BCUT2D eigenvalue weighted by molar-refractivity contribution is 8.02. The summed E-state index contributed by atoms with van der Waals surface area (Å²) in [5.74, 6) is 0. The van der Waals surface area contributed by atoms with E-state index in [-0.39, 0.29) is 0 Å². The Morgan fingerprint density at radius 1 is 1.55 bits per heavy atom. The predicted molar refractivity (Wildman–Crippen MR) is 49.4 cm³/mol. The fourth-order valence-electron chi connectivity index (χ4n) is 1.27. The lowest BCUT2D eigenvalue weighted by molar-refractivity contribution is 1.23. The molecule has 1 aliphatic rings. The van der Waals surface area contributed by atoms with Gasteiger partial charge in [0.1, 0.15) is 0 Å². The first-order chi connectivity index (χ1) is 5.40. The first-order valence-corrected chi connectivity index (χ1v) is 4.80. The Morgan fingerprint density at radius 3 is 3.18 bits per heavy atom. The van der Waals surface area contributed by atoms with Crippen LogP contribution in [0.4, 0.5) is 0 Å². The van der Waals surface area contributed by atoms with Crippen LogP contribution in [0.1, 0.15) is 11.1 Å². The third-order valence-electron chi connectivity index (χ3n) is 1.89. The molecule has 0 aliphatic heterocycles. The van der Waals surface area contributed by atoms with Crippen LogP contribution in [0.2, 0.25) is 0 Å². The van der Waals surface area contributed by atoms with E-state index < -0.39 is 0 Å². The minimum atomic E-state index is 1.10. The summed E-state index contributed by atoms with van der Waals surface area (Å²) in [5.41, 5.74) is 2.70. The molecule has 56 valence electrons. The molecule has 0 amide bonds. The molecular formula is C9H9NS. The van der Waals surface area contributed by atoms with E-state index in [2.05, 4.69) is 23.4 Å². The molecule has 1 aromatic heterocycles. The van der Waals surface area contributed by atoms with E-state index in [1.54, 1.807) is 0 Å². The molecule has 1 aliphatic carbocycles. The van der Waals surface area contributed by atoms with Crippen LogP contribution < -0.4 is 0 Å². The van der Waals surface area contributed by atoms with Crippen LogP contribution in [0.15, 0.2) is 23.4 Å². The number of rotatable bonds is 1. The molecule has 0 radical (unpaired) electrons. The second kappa shape index (κ2) is 2.70. The van der Waals surface area contributed by atoms with Gasteiger partial charge < -0.3 is 0 Å². The molecule has 0 N–H and O–H groups in total. The average Bonchev–Trinajstić information content (AvgIpc) is 2.46. The standard InChI is InChI=1S/C9H9NS/c1-11-9-4-7-2-3-10-6-8(7)5-9/h2-3,5-6H,4H2,1H3. The van der Waals surface area contributed by atoms with Crippen LogP contribution in [-0.2, 0) is 6.42 Å². The number of nitrogens with zero attached hydrogens (tertiary/aromatic N) is 1. The first kappa shape index (κ1) is 6.92. The number of hydrogen-bond donors (Lipinski definition) is 0. The number of allylic oxidation sites excluding steroid dienone is 1. The number of pyridine rings is 1. The lowest BCUT2D eigenvalue weighted by Gasteiger charge is -1.94. The number of hydrogen-bond acceptors (Lipinski definition) is 2. The Hall–Kier alpha value is -0.760. The van der Waals surface area contributed by atoms with Gasteiger partial charge in [0.25, 0.3) is 0 Å². The molecule has 1 heterocycles. The first-order valence-electron chi connectivity index (χ1n) is 3.57. The maximum Gasteiger partial charge on any atom is 0.0343 e. The molecule has 0 bridgehead atoms. The molecule has 0 spiro atoms. The van der Waals surface area contributed by atoms with Crippen molar-refractivity contribution >= 4 is 17.8 Å². The van der Waals surface area contributed by atoms with E-state index in [1.807, 2.05) is 24.2 Å². The molecule has 0 saturated carbocycles. The summed E-state index contributed by atoms with van der Waals surface area (Å²) >= 11 is 1.82. The molecule has 1 nitrogen and oxygen atoms in total. The minimum Gasteiger partial charge on any atom is -0.264 e. The van der Waals surface area contributed by atoms with Gasteiger partial charge in [0.15, 0.2) is 0 Å². The molecule has 0 fully saturated rings. The Balaban J connectivity index is 2.39. The Labute approximate surface area is 70.5 Å². The van der Waals surface area contributed by atoms with Gasteiger partial charge in [-0.15, -0.1) is 11.8 Å². The molecule has 0 atom stereocenters. The van der Waals surface area contributed by atoms with Crippen molar-refractivity contribution in [1.29, 1.82) is 0 Å². The van der Waals surface area contributed by atoms with Gasteiger partial charge in [-0.1, -0.05) is 0 Å². The van der Waals surface area contributed by atoms with Gasteiger partial charge in [-0.05, 0) is 34.4 Å². The molecule has 0 unspecified atom stereocenters. The monoisotopic (exact) mass is 163 g/mol. The summed E-state index contributed by atoms with van der Waals surface area (Å²) in [6.45, 7) is 0. The van der Waals surface area contributed by atoms with Crippen LogP contribution in [0, 0.1) is 0 Å². The normalized spacial score (nSPS) is 14.5. The van der Waals surface area contributed by atoms with Gasteiger partial charge >= 0.3 is 0 Å². The SMILES string of the molecule is CSC1=Cc2cnccc2C1. The van der Waals surface area contributed by atoms with Crippen molar-refractivity contribution in [3.8, 4) is 0 Å². The number of aromatic nitrogens is 1. The molecule has 0 saturated heterocycles. The average molecular weight is 163 g/mol. The summed E-state index contributed by atoms with van der Waals surface area (Å²) in [6.07, 6.45) is 9.21. The topological polar surface area (TPSA) is 12.9 Å². The molecule has 11 heavy (non-hydrogen) atoms. The highest BCUT2D eigenvalue weighted by Gasteiger charge is 2.10. The Bertz CT molecular complexity index is 304. The van der Waals surface area contributed by atoms with Crippen molar-refractivity contribution < 1.29 is 0 Å². The summed E-state index contributed by atoms with van der Waals surface area (Å²) in [6, 6.07) is 2.09. The van der Waals surface area contributed by atoms with Gasteiger partial charge in [-0.2, -0.15) is 0 Å². The molecule has 0 aromatic carbocycles. The van der Waals surface area contributed by atoms with Crippen molar-refractivity contribution in [2.45, 2.75) is 6.42 Å². The van der Waals surface area contributed by atoms with Crippen LogP contribution >= 0.6 is 11.8 Å². The van der Waals surface area contributed by atoms with E-state index in [0.29, 0.717) is 0 Å². The van der Waals surface area contributed by atoms with Crippen LogP contribution in [0.25, 0.3) is 6.08 Å². The number of fused-ring (bicyclic) bond motifs is 1. The lowest BCUT2D eigenvalue weighted by atomic mass is 10.2. The largest absolute Gasteiger partial charge is 0.264 e. The van der Waals surface area contributed by atoms with Gasteiger partial charge in [0, 0.05) is 18.8 Å². The van der Waals surface area contributed by atoms with Crippen LogP contribution in [-0.4, -0.2) is 11.2 Å². The van der Waals surface area contributed by atoms with Crippen molar-refractivity contribution in [2.75, 3.05) is 6.26 Å². The molecule has 2 rings (SSSR count). The van der Waals surface area contributed by atoms with E-state index >= 15 is 0 Å². The lowest BCUT2D eigenvalue weighted by Crippen LogP contribution is -1.82. The summed E-state index contributed by atoms with van der Waals surface area (Å²) in [5, 5.41) is 0. The molecule has 1 aromatic rings. The molecular weight excluding hydrogens is 154 g/mol. The predicted octanol–water partition coefficient (Wildman–Crippen LogP) is 2.34. The third kappa shape index (κ3) is 1.18. The highest BCUT2D eigenvalue weighted by atomic mass is 32.2. The van der Waals surface area contributed by atoms with Crippen LogP contribution in [0.3, 0.4) is 0 Å². The smallest absolute Gasteiger partial charge is 0.0343 e. The summed E-state index contributed by atoms with van der Waals surface area (Å²) in [4.78, 5) is 5.51. The van der Waals surface area contributed by atoms with E-state index in [1.165, 1.54) is 16.0 Å². The third-order valence-corrected chi connectivity index (χ3v) is 2.68. The Morgan fingerprint density at radius 2 is 2.45 bits per heavy atom. The van der Waals surface area contributed by atoms with Gasteiger partial charge in [0.2, 0.25) is 0 Å². The fraction of sp³-hybridized carbons (Fsp3) is 0.222. The maximum absolute atomic E-state index is 4.07. The minimum absolute atomic E-state index is 1.10. The van der Waals surface area contributed by atoms with Gasteiger partial charge in [-0.3, -0.25) is 4.98 Å². The van der Waals surface area contributed by atoms with Crippen molar-refractivity contribution in [3.63, 3.8) is 0 Å². The number of thioether (sulfide) groups is 1. The Kier molecular flexibility index (Phi) is 1.70. The van der Waals surface area contributed by atoms with Crippen molar-refractivity contribution in [2.24, 2.45) is 0 Å². The van der Waals surface area contributed by atoms with E-state index in [4.69, 9.17) is 0 Å². The van der Waals surface area contributed by atoms with E-state index in [9.17, 15) is 0 Å². The second-order valence-corrected chi connectivity index (χ2v) is 3.50. The zero-order valence-corrected chi connectivity index (χ0v) is 7.19. The van der Waals surface area contributed by atoms with Crippen molar-refractivity contribution in [1.82, 2.24) is 4.98 Å². The zero-order chi connectivity index (χ0) is 7.68.